The number of hydrogen-bond acceptors (Lipinski definition) is 5. The standard InChI is InChI=1S/C15H19N5O2/c1-11(22)20-13(10-21)7-8-14(20)15-16-17-18-19(15)9-12-5-3-2-4-6-12/h2-6,13-14,21H,7-10H2,1H3/t13-,14-/m0/s1. The van der Waals surface area contributed by atoms with Crippen molar-refractivity contribution in [1.29, 1.82) is 0 Å². The summed E-state index contributed by atoms with van der Waals surface area (Å²) in [6, 6.07) is 9.61. The maximum atomic E-state index is 11.9. The lowest BCUT2D eigenvalue weighted by molar-refractivity contribution is -0.132. The Morgan fingerprint density at radius 2 is 2.09 bits per heavy atom. The predicted octanol–water partition coefficient (Wildman–Crippen LogP) is 0.766. The van der Waals surface area contributed by atoms with Crippen LogP contribution in [0.2, 0.25) is 0 Å². The van der Waals surface area contributed by atoms with Crippen molar-refractivity contribution in [2.45, 2.75) is 38.4 Å². The fourth-order valence-electron chi connectivity index (χ4n) is 3.11. The van der Waals surface area contributed by atoms with Crippen molar-refractivity contribution < 1.29 is 9.90 Å². The number of carbonyl (C=O) groups is 1. The van der Waals surface area contributed by atoms with Gasteiger partial charge in [0.2, 0.25) is 5.91 Å². The lowest BCUT2D eigenvalue weighted by Gasteiger charge is -2.27. The quantitative estimate of drug-likeness (QED) is 0.901. The summed E-state index contributed by atoms with van der Waals surface area (Å²) in [5, 5.41) is 21.4. The van der Waals surface area contributed by atoms with E-state index in [2.05, 4.69) is 15.5 Å². The van der Waals surface area contributed by atoms with Gasteiger partial charge in [-0.05, 0) is 28.8 Å². The van der Waals surface area contributed by atoms with Crippen LogP contribution in [-0.2, 0) is 11.3 Å². The van der Waals surface area contributed by atoms with Crippen LogP contribution in [0.3, 0.4) is 0 Å². The highest BCUT2D eigenvalue weighted by Gasteiger charge is 2.38. The molecule has 116 valence electrons. The molecule has 0 spiro atoms. The molecule has 3 rings (SSSR count). The molecule has 1 fully saturated rings. The molecule has 1 aliphatic rings. The van der Waals surface area contributed by atoms with E-state index in [1.54, 1.807) is 9.58 Å². The third-order valence-corrected chi connectivity index (χ3v) is 4.11. The van der Waals surface area contributed by atoms with Gasteiger partial charge >= 0.3 is 0 Å². The maximum absolute atomic E-state index is 11.9. The summed E-state index contributed by atoms with van der Waals surface area (Å²) in [6.45, 7) is 2.05. The average molecular weight is 301 g/mol. The summed E-state index contributed by atoms with van der Waals surface area (Å²) in [4.78, 5) is 13.6. The topological polar surface area (TPSA) is 84.1 Å². The number of likely N-dealkylation sites (tertiary alicyclic amines) is 1. The zero-order chi connectivity index (χ0) is 15.5. The second-order valence-corrected chi connectivity index (χ2v) is 5.54. The minimum absolute atomic E-state index is 0.0314. The number of hydrogen-bond donors (Lipinski definition) is 1. The van der Waals surface area contributed by atoms with Crippen LogP contribution < -0.4 is 0 Å². The van der Waals surface area contributed by atoms with E-state index < -0.39 is 0 Å². The molecule has 7 nitrogen and oxygen atoms in total. The van der Waals surface area contributed by atoms with Gasteiger partial charge in [0.15, 0.2) is 5.82 Å². The summed E-state index contributed by atoms with van der Waals surface area (Å²) in [7, 11) is 0. The van der Waals surface area contributed by atoms with E-state index in [0.29, 0.717) is 12.4 Å². The largest absolute Gasteiger partial charge is 0.394 e. The number of aromatic nitrogens is 4. The molecule has 1 amide bonds. The first-order valence-electron chi connectivity index (χ1n) is 7.40. The fraction of sp³-hybridized carbons (Fsp3) is 0.467. The third-order valence-electron chi connectivity index (χ3n) is 4.11. The molecule has 22 heavy (non-hydrogen) atoms. The molecule has 1 saturated heterocycles. The van der Waals surface area contributed by atoms with Crippen molar-refractivity contribution in [3.8, 4) is 0 Å². The van der Waals surface area contributed by atoms with E-state index >= 15 is 0 Å². The first kappa shape index (κ1) is 14.6. The molecule has 0 radical (unpaired) electrons. The van der Waals surface area contributed by atoms with Crippen LogP contribution in [0.25, 0.3) is 0 Å². The summed E-state index contributed by atoms with van der Waals surface area (Å²) in [5.41, 5.74) is 1.10. The Hall–Kier alpha value is -2.28. The van der Waals surface area contributed by atoms with Crippen LogP contribution in [0.1, 0.15) is 37.2 Å². The highest BCUT2D eigenvalue weighted by Crippen LogP contribution is 2.34. The van der Waals surface area contributed by atoms with Crippen molar-refractivity contribution in [3.63, 3.8) is 0 Å². The van der Waals surface area contributed by atoms with Crippen LogP contribution in [0.5, 0.6) is 0 Å². The van der Waals surface area contributed by atoms with Crippen LogP contribution in [-0.4, -0.2) is 48.8 Å². The SMILES string of the molecule is CC(=O)N1[C@H](CO)CC[C@H]1c1nnnn1Cc1ccccc1. The molecule has 1 N–H and O–H groups in total. The minimum Gasteiger partial charge on any atom is -0.394 e. The first-order valence-corrected chi connectivity index (χ1v) is 7.40. The third kappa shape index (κ3) is 2.71. The Kier molecular flexibility index (Phi) is 4.15. The Balaban J connectivity index is 1.86. The van der Waals surface area contributed by atoms with Crippen LogP contribution >= 0.6 is 0 Å². The number of tetrazole rings is 1. The number of aliphatic hydroxyl groups excluding tert-OH is 1. The van der Waals surface area contributed by atoms with Gasteiger partial charge in [0, 0.05) is 6.92 Å². The van der Waals surface area contributed by atoms with E-state index in [1.807, 2.05) is 30.3 Å². The van der Waals surface area contributed by atoms with E-state index in [4.69, 9.17) is 0 Å². The zero-order valence-corrected chi connectivity index (χ0v) is 12.5. The van der Waals surface area contributed by atoms with Gasteiger partial charge in [-0.25, -0.2) is 4.68 Å². The Labute approximate surface area is 128 Å². The van der Waals surface area contributed by atoms with Gasteiger partial charge in [-0.2, -0.15) is 0 Å². The number of aliphatic hydroxyl groups is 1. The van der Waals surface area contributed by atoms with Crippen LogP contribution in [0, 0.1) is 0 Å². The number of benzene rings is 1. The average Bonchev–Trinajstić information content (AvgIpc) is 3.13. The van der Waals surface area contributed by atoms with Gasteiger partial charge in [0.05, 0.1) is 25.2 Å². The Morgan fingerprint density at radius 3 is 2.77 bits per heavy atom. The molecule has 0 saturated carbocycles. The molecule has 7 heteroatoms. The molecular weight excluding hydrogens is 282 g/mol. The summed E-state index contributed by atoms with van der Waals surface area (Å²) >= 11 is 0. The van der Waals surface area contributed by atoms with Gasteiger partial charge in [0.1, 0.15) is 0 Å². The van der Waals surface area contributed by atoms with Crippen molar-refractivity contribution >= 4 is 5.91 Å². The van der Waals surface area contributed by atoms with Gasteiger partial charge in [-0.3, -0.25) is 4.79 Å². The lowest BCUT2D eigenvalue weighted by atomic mass is 10.2. The maximum Gasteiger partial charge on any atom is 0.220 e. The van der Waals surface area contributed by atoms with Crippen molar-refractivity contribution in [2.75, 3.05) is 6.61 Å². The number of nitrogens with zero attached hydrogens (tertiary/aromatic N) is 5. The van der Waals surface area contributed by atoms with Gasteiger partial charge in [-0.15, -0.1) is 5.10 Å². The molecule has 2 heterocycles. The fourth-order valence-corrected chi connectivity index (χ4v) is 3.11. The number of carbonyl (C=O) groups excluding carboxylic acids is 1. The summed E-state index contributed by atoms with van der Waals surface area (Å²) in [6.07, 6.45) is 1.53. The van der Waals surface area contributed by atoms with Gasteiger partial charge < -0.3 is 10.0 Å². The second kappa shape index (κ2) is 6.23. The van der Waals surface area contributed by atoms with Crippen molar-refractivity contribution in [1.82, 2.24) is 25.1 Å². The minimum atomic E-state index is -0.173. The van der Waals surface area contributed by atoms with E-state index in [-0.39, 0.29) is 24.6 Å². The van der Waals surface area contributed by atoms with E-state index in [0.717, 1.165) is 18.4 Å². The molecule has 1 aromatic carbocycles. The van der Waals surface area contributed by atoms with Crippen molar-refractivity contribution in [2.24, 2.45) is 0 Å². The smallest absolute Gasteiger partial charge is 0.220 e. The van der Waals surface area contributed by atoms with Gasteiger partial charge in [-0.1, -0.05) is 30.3 Å². The number of rotatable bonds is 4. The van der Waals surface area contributed by atoms with E-state index in [9.17, 15) is 9.90 Å². The molecular formula is C15H19N5O2. The molecule has 2 atom stereocenters. The molecule has 1 aromatic heterocycles. The summed E-state index contributed by atoms with van der Waals surface area (Å²) < 4.78 is 1.73. The first-order chi connectivity index (χ1) is 10.7. The lowest BCUT2D eigenvalue weighted by Crippen LogP contribution is -2.38. The van der Waals surface area contributed by atoms with Crippen molar-refractivity contribution in [3.05, 3.63) is 41.7 Å². The van der Waals surface area contributed by atoms with Crippen LogP contribution in [0.4, 0.5) is 0 Å². The second-order valence-electron chi connectivity index (χ2n) is 5.54. The highest BCUT2D eigenvalue weighted by atomic mass is 16.3. The van der Waals surface area contributed by atoms with Gasteiger partial charge in [0.25, 0.3) is 0 Å². The normalized spacial score (nSPS) is 21.3. The molecule has 0 bridgehead atoms. The highest BCUT2D eigenvalue weighted by molar-refractivity contribution is 5.74. The molecule has 0 aliphatic carbocycles. The molecule has 0 unspecified atom stereocenters. The van der Waals surface area contributed by atoms with E-state index in [1.165, 1.54) is 6.92 Å². The monoisotopic (exact) mass is 301 g/mol. The predicted molar refractivity (Wildman–Crippen MR) is 78.7 cm³/mol. The van der Waals surface area contributed by atoms with Crippen LogP contribution in [0.15, 0.2) is 30.3 Å². The number of amides is 1. The molecule has 2 aromatic rings. The molecule has 1 aliphatic heterocycles. The zero-order valence-electron chi connectivity index (χ0n) is 12.5. The summed E-state index contributed by atoms with van der Waals surface area (Å²) in [5.74, 6) is 0.616. The Bertz CT molecular complexity index is 642. The Morgan fingerprint density at radius 1 is 1.32 bits per heavy atom.